The van der Waals surface area contributed by atoms with Crippen LogP contribution in [-0.2, 0) is 16.0 Å². The first-order chi connectivity index (χ1) is 12.9. The molecule has 2 aromatic rings. The summed E-state index contributed by atoms with van der Waals surface area (Å²) in [5, 5.41) is 3.52. The zero-order valence-electron chi connectivity index (χ0n) is 15.9. The van der Waals surface area contributed by atoms with E-state index in [0.29, 0.717) is 18.1 Å². The van der Waals surface area contributed by atoms with Crippen LogP contribution in [0.15, 0.2) is 42.5 Å². The van der Waals surface area contributed by atoms with Crippen molar-refractivity contribution < 1.29 is 14.3 Å². The fraction of sp³-hybridized carbons (Fsp3) is 0.333. The summed E-state index contributed by atoms with van der Waals surface area (Å²) in [4.78, 5) is 25.7. The molecule has 2 rings (SSSR count). The number of aryl methyl sites for hydroxylation is 1. The van der Waals surface area contributed by atoms with Crippen LogP contribution in [0.4, 0.5) is 5.69 Å². The number of nitrogens with one attached hydrogen (secondary N) is 1. The van der Waals surface area contributed by atoms with Crippen LogP contribution in [0.25, 0.3) is 0 Å². The van der Waals surface area contributed by atoms with Crippen molar-refractivity contribution in [2.75, 3.05) is 25.1 Å². The minimum Gasteiger partial charge on any atom is -0.497 e. The largest absolute Gasteiger partial charge is 0.497 e. The second-order valence-electron chi connectivity index (χ2n) is 6.30. The van der Waals surface area contributed by atoms with Crippen molar-refractivity contribution in [3.63, 3.8) is 0 Å². The van der Waals surface area contributed by atoms with Gasteiger partial charge in [-0.3, -0.25) is 9.59 Å². The summed E-state index contributed by atoms with van der Waals surface area (Å²) in [6, 6.07) is 13.1. The number of ether oxygens (including phenoxy) is 1. The zero-order valence-corrected chi connectivity index (χ0v) is 16.7. The Kier molecular flexibility index (Phi) is 7.67. The molecule has 0 aliphatic heterocycles. The topological polar surface area (TPSA) is 58.6 Å². The van der Waals surface area contributed by atoms with Crippen LogP contribution < -0.4 is 15.0 Å². The first-order valence-corrected chi connectivity index (χ1v) is 9.22. The number of hydrogen-bond donors (Lipinski definition) is 1. The normalized spacial score (nSPS) is 10.4. The highest BCUT2D eigenvalue weighted by Crippen LogP contribution is 2.24. The predicted molar refractivity (Wildman–Crippen MR) is 109 cm³/mol. The third-order valence-corrected chi connectivity index (χ3v) is 4.52. The SMILES string of the molecule is COc1ccc(CCNC(=O)CCN(C(C)=O)c2ccc(Cl)cc2C)cc1. The van der Waals surface area contributed by atoms with Gasteiger partial charge in [-0.2, -0.15) is 0 Å². The van der Waals surface area contributed by atoms with Crippen LogP contribution in [-0.4, -0.2) is 32.0 Å². The third kappa shape index (κ3) is 6.29. The molecule has 6 heteroatoms. The smallest absolute Gasteiger partial charge is 0.223 e. The maximum atomic E-state index is 12.1. The molecule has 144 valence electrons. The van der Waals surface area contributed by atoms with Crippen molar-refractivity contribution in [1.29, 1.82) is 0 Å². The number of nitrogens with zero attached hydrogens (tertiary/aromatic N) is 1. The van der Waals surface area contributed by atoms with Crippen LogP contribution in [0.2, 0.25) is 5.02 Å². The molecule has 0 aromatic heterocycles. The summed E-state index contributed by atoms with van der Waals surface area (Å²) >= 11 is 5.98. The number of hydrogen-bond acceptors (Lipinski definition) is 3. The van der Waals surface area contributed by atoms with Crippen LogP contribution >= 0.6 is 11.6 Å². The van der Waals surface area contributed by atoms with Crippen molar-refractivity contribution in [2.45, 2.75) is 26.7 Å². The first kappa shape index (κ1) is 20.8. The van der Waals surface area contributed by atoms with E-state index < -0.39 is 0 Å². The maximum Gasteiger partial charge on any atom is 0.223 e. The van der Waals surface area contributed by atoms with E-state index >= 15 is 0 Å². The Bertz CT molecular complexity index is 791. The number of halogens is 1. The van der Waals surface area contributed by atoms with E-state index in [4.69, 9.17) is 16.3 Å². The second kappa shape index (κ2) is 9.97. The van der Waals surface area contributed by atoms with Gasteiger partial charge >= 0.3 is 0 Å². The van der Waals surface area contributed by atoms with E-state index in [-0.39, 0.29) is 18.2 Å². The minimum atomic E-state index is -0.105. The zero-order chi connectivity index (χ0) is 19.8. The highest BCUT2D eigenvalue weighted by atomic mass is 35.5. The van der Waals surface area contributed by atoms with E-state index in [1.807, 2.05) is 37.3 Å². The van der Waals surface area contributed by atoms with Gasteiger partial charge < -0.3 is 15.0 Å². The number of anilines is 1. The molecule has 0 aliphatic carbocycles. The molecule has 0 atom stereocenters. The fourth-order valence-corrected chi connectivity index (χ4v) is 3.04. The van der Waals surface area contributed by atoms with Crippen LogP contribution in [0.3, 0.4) is 0 Å². The third-order valence-electron chi connectivity index (χ3n) is 4.29. The van der Waals surface area contributed by atoms with E-state index in [9.17, 15) is 9.59 Å². The molecular formula is C21H25ClN2O3. The molecule has 0 bridgehead atoms. The van der Waals surface area contributed by atoms with E-state index in [2.05, 4.69) is 5.32 Å². The van der Waals surface area contributed by atoms with Crippen molar-refractivity contribution in [1.82, 2.24) is 5.32 Å². The average Bonchev–Trinajstić information content (AvgIpc) is 2.63. The summed E-state index contributed by atoms with van der Waals surface area (Å²) in [5.74, 6) is 0.623. The monoisotopic (exact) mass is 388 g/mol. The summed E-state index contributed by atoms with van der Waals surface area (Å²) < 4.78 is 5.13. The number of carbonyl (C=O) groups excluding carboxylic acids is 2. The average molecular weight is 389 g/mol. The Labute approximate surface area is 165 Å². The minimum absolute atomic E-state index is 0.0821. The van der Waals surface area contributed by atoms with Crippen LogP contribution in [0.1, 0.15) is 24.5 Å². The predicted octanol–water partition coefficient (Wildman–Crippen LogP) is 3.76. The van der Waals surface area contributed by atoms with Gasteiger partial charge in [0.1, 0.15) is 5.75 Å². The van der Waals surface area contributed by atoms with Gasteiger partial charge in [-0.15, -0.1) is 0 Å². The Morgan fingerprint density at radius 1 is 1.15 bits per heavy atom. The molecule has 1 N–H and O–H groups in total. The van der Waals surface area contributed by atoms with Gasteiger partial charge in [0.05, 0.1) is 7.11 Å². The lowest BCUT2D eigenvalue weighted by molar-refractivity contribution is -0.121. The van der Waals surface area contributed by atoms with Crippen molar-refractivity contribution >= 4 is 29.1 Å². The van der Waals surface area contributed by atoms with Gasteiger partial charge in [-0.1, -0.05) is 23.7 Å². The highest BCUT2D eigenvalue weighted by molar-refractivity contribution is 6.30. The second-order valence-corrected chi connectivity index (χ2v) is 6.74. The Balaban J connectivity index is 1.83. The Morgan fingerprint density at radius 3 is 2.44 bits per heavy atom. The van der Waals surface area contributed by atoms with Gasteiger partial charge in [0.25, 0.3) is 0 Å². The van der Waals surface area contributed by atoms with E-state index in [0.717, 1.165) is 29.0 Å². The summed E-state index contributed by atoms with van der Waals surface area (Å²) in [7, 11) is 1.63. The summed E-state index contributed by atoms with van der Waals surface area (Å²) in [5.41, 5.74) is 2.80. The number of benzene rings is 2. The number of amides is 2. The first-order valence-electron chi connectivity index (χ1n) is 8.84. The van der Waals surface area contributed by atoms with Crippen molar-refractivity contribution in [3.05, 3.63) is 58.6 Å². The van der Waals surface area contributed by atoms with Gasteiger partial charge in [-0.25, -0.2) is 0 Å². The standard InChI is InChI=1S/C21H25ClN2O3/c1-15-14-18(22)6-9-20(15)24(16(2)25)13-11-21(26)23-12-10-17-4-7-19(27-3)8-5-17/h4-9,14H,10-13H2,1-3H3,(H,23,26). The van der Waals surface area contributed by atoms with Gasteiger partial charge in [0, 0.05) is 37.1 Å². The molecule has 5 nitrogen and oxygen atoms in total. The number of carbonyl (C=O) groups is 2. The molecule has 0 aliphatic rings. The molecule has 27 heavy (non-hydrogen) atoms. The van der Waals surface area contributed by atoms with E-state index in [1.165, 1.54) is 6.92 Å². The van der Waals surface area contributed by atoms with Crippen molar-refractivity contribution in [3.8, 4) is 5.75 Å². The van der Waals surface area contributed by atoms with Crippen LogP contribution in [0.5, 0.6) is 5.75 Å². The quantitative estimate of drug-likeness (QED) is 0.749. The molecular weight excluding hydrogens is 364 g/mol. The molecule has 2 amide bonds. The molecule has 0 saturated heterocycles. The van der Waals surface area contributed by atoms with Gasteiger partial charge in [-0.05, 0) is 54.8 Å². The molecule has 0 fully saturated rings. The highest BCUT2D eigenvalue weighted by Gasteiger charge is 2.15. The molecule has 0 radical (unpaired) electrons. The summed E-state index contributed by atoms with van der Waals surface area (Å²) in [6.45, 7) is 4.26. The Morgan fingerprint density at radius 2 is 1.85 bits per heavy atom. The number of methoxy groups -OCH3 is 1. The molecule has 0 saturated carbocycles. The number of rotatable bonds is 8. The Hall–Kier alpha value is -2.53. The molecule has 0 unspecified atom stereocenters. The van der Waals surface area contributed by atoms with E-state index in [1.54, 1.807) is 24.1 Å². The van der Waals surface area contributed by atoms with Crippen molar-refractivity contribution in [2.24, 2.45) is 0 Å². The molecule has 0 spiro atoms. The maximum absolute atomic E-state index is 12.1. The lowest BCUT2D eigenvalue weighted by Gasteiger charge is -2.23. The molecule has 0 heterocycles. The van der Waals surface area contributed by atoms with Gasteiger partial charge in [0.15, 0.2) is 0 Å². The lowest BCUT2D eigenvalue weighted by atomic mass is 10.1. The van der Waals surface area contributed by atoms with Crippen LogP contribution in [0, 0.1) is 6.92 Å². The van der Waals surface area contributed by atoms with Gasteiger partial charge in [0.2, 0.25) is 11.8 Å². The summed E-state index contributed by atoms with van der Waals surface area (Å²) in [6.07, 6.45) is 0.979. The molecule has 2 aromatic carbocycles. The fourth-order valence-electron chi connectivity index (χ4n) is 2.81. The lowest BCUT2D eigenvalue weighted by Crippen LogP contribution is -2.34.